The standard InChI is InChI=1S/C14H17BrFNO2/c1-10-9-19-12(7-15)8-17(10)14(18)6-11-4-2-3-5-13(11)16/h2-5,10,12H,6-9H2,1H3. The lowest BCUT2D eigenvalue weighted by Crippen LogP contribution is -2.52. The molecule has 0 aromatic heterocycles. The van der Waals surface area contributed by atoms with Gasteiger partial charge in [-0.25, -0.2) is 4.39 Å². The molecule has 3 nitrogen and oxygen atoms in total. The number of nitrogens with zero attached hydrogens (tertiary/aromatic N) is 1. The summed E-state index contributed by atoms with van der Waals surface area (Å²) in [6, 6.07) is 6.44. The van der Waals surface area contributed by atoms with Gasteiger partial charge in [0.2, 0.25) is 5.91 Å². The number of carbonyl (C=O) groups excluding carboxylic acids is 1. The summed E-state index contributed by atoms with van der Waals surface area (Å²) in [5, 5.41) is 0.698. The summed E-state index contributed by atoms with van der Waals surface area (Å²) >= 11 is 3.36. The van der Waals surface area contributed by atoms with E-state index in [4.69, 9.17) is 4.74 Å². The van der Waals surface area contributed by atoms with Crippen LogP contribution >= 0.6 is 15.9 Å². The van der Waals surface area contributed by atoms with Crippen LogP contribution in [-0.4, -0.2) is 41.4 Å². The van der Waals surface area contributed by atoms with Crippen LogP contribution in [0.1, 0.15) is 12.5 Å². The lowest BCUT2D eigenvalue weighted by Gasteiger charge is -2.37. The average Bonchev–Trinajstić information content (AvgIpc) is 2.42. The molecule has 1 amide bonds. The fourth-order valence-corrected chi connectivity index (χ4v) is 2.56. The van der Waals surface area contributed by atoms with Crippen LogP contribution in [-0.2, 0) is 16.0 Å². The van der Waals surface area contributed by atoms with Gasteiger partial charge in [-0.15, -0.1) is 0 Å². The van der Waals surface area contributed by atoms with Crippen LogP contribution in [0, 0.1) is 5.82 Å². The number of amides is 1. The van der Waals surface area contributed by atoms with Crippen molar-refractivity contribution in [3.8, 4) is 0 Å². The normalized spacial score (nSPS) is 23.4. The number of hydrogen-bond acceptors (Lipinski definition) is 2. The maximum atomic E-state index is 13.6. The van der Waals surface area contributed by atoms with Crippen molar-refractivity contribution in [3.63, 3.8) is 0 Å². The molecule has 0 saturated carbocycles. The predicted molar refractivity (Wildman–Crippen MR) is 74.8 cm³/mol. The highest BCUT2D eigenvalue weighted by molar-refractivity contribution is 9.09. The van der Waals surface area contributed by atoms with E-state index in [-0.39, 0.29) is 30.3 Å². The number of alkyl halides is 1. The molecule has 2 atom stereocenters. The van der Waals surface area contributed by atoms with Crippen molar-refractivity contribution in [1.29, 1.82) is 0 Å². The largest absolute Gasteiger partial charge is 0.373 e. The Labute approximate surface area is 120 Å². The summed E-state index contributed by atoms with van der Waals surface area (Å²) in [5.41, 5.74) is 0.446. The summed E-state index contributed by atoms with van der Waals surface area (Å²) in [4.78, 5) is 14.1. The number of benzene rings is 1. The van der Waals surface area contributed by atoms with Crippen LogP contribution in [0.3, 0.4) is 0 Å². The zero-order valence-corrected chi connectivity index (χ0v) is 12.4. The highest BCUT2D eigenvalue weighted by Gasteiger charge is 2.29. The van der Waals surface area contributed by atoms with Gasteiger partial charge < -0.3 is 9.64 Å². The van der Waals surface area contributed by atoms with Gasteiger partial charge in [-0.2, -0.15) is 0 Å². The predicted octanol–water partition coefficient (Wildman–Crippen LogP) is 2.38. The molecule has 1 aromatic carbocycles. The summed E-state index contributed by atoms with van der Waals surface area (Å²) < 4.78 is 19.1. The number of carbonyl (C=O) groups is 1. The number of ether oxygens (including phenoxy) is 1. The molecule has 1 aromatic rings. The third kappa shape index (κ3) is 3.54. The molecule has 1 fully saturated rings. The molecular weight excluding hydrogens is 313 g/mol. The number of rotatable bonds is 3. The Hall–Kier alpha value is -0.940. The van der Waals surface area contributed by atoms with Gasteiger partial charge >= 0.3 is 0 Å². The van der Waals surface area contributed by atoms with Crippen molar-refractivity contribution in [3.05, 3.63) is 35.6 Å². The minimum Gasteiger partial charge on any atom is -0.373 e. The van der Waals surface area contributed by atoms with Crippen molar-refractivity contribution < 1.29 is 13.9 Å². The van der Waals surface area contributed by atoms with Crippen LogP contribution in [0.2, 0.25) is 0 Å². The molecular formula is C14H17BrFNO2. The topological polar surface area (TPSA) is 29.5 Å². The van der Waals surface area contributed by atoms with Crippen molar-refractivity contribution in [2.45, 2.75) is 25.5 Å². The first kappa shape index (κ1) is 14.5. The molecule has 1 heterocycles. The highest BCUT2D eigenvalue weighted by atomic mass is 79.9. The second-order valence-electron chi connectivity index (χ2n) is 4.77. The molecule has 0 radical (unpaired) electrons. The second kappa shape index (κ2) is 6.48. The quantitative estimate of drug-likeness (QED) is 0.797. The van der Waals surface area contributed by atoms with Crippen LogP contribution in [0.5, 0.6) is 0 Å². The summed E-state index contributed by atoms with van der Waals surface area (Å²) in [7, 11) is 0. The Balaban J connectivity index is 2.04. The van der Waals surface area contributed by atoms with Crippen LogP contribution in [0.25, 0.3) is 0 Å². The van der Waals surface area contributed by atoms with E-state index >= 15 is 0 Å². The SMILES string of the molecule is CC1COC(CBr)CN1C(=O)Cc1ccccc1F. The summed E-state index contributed by atoms with van der Waals surface area (Å²) in [6.07, 6.45) is 0.118. The molecule has 1 aliphatic heterocycles. The molecule has 0 N–H and O–H groups in total. The van der Waals surface area contributed by atoms with E-state index in [0.717, 1.165) is 0 Å². The van der Waals surface area contributed by atoms with E-state index in [2.05, 4.69) is 15.9 Å². The minimum atomic E-state index is -0.325. The highest BCUT2D eigenvalue weighted by Crippen LogP contribution is 2.16. The number of hydrogen-bond donors (Lipinski definition) is 0. The van der Waals surface area contributed by atoms with Gasteiger partial charge in [0.1, 0.15) is 5.82 Å². The second-order valence-corrected chi connectivity index (χ2v) is 5.42. The van der Waals surface area contributed by atoms with Crippen molar-refractivity contribution in [1.82, 2.24) is 4.90 Å². The molecule has 0 bridgehead atoms. The van der Waals surface area contributed by atoms with E-state index < -0.39 is 0 Å². The monoisotopic (exact) mass is 329 g/mol. The molecule has 5 heteroatoms. The Morgan fingerprint density at radius 1 is 1.53 bits per heavy atom. The molecule has 1 saturated heterocycles. The Kier molecular flexibility index (Phi) is 4.93. The summed E-state index contributed by atoms with van der Waals surface area (Å²) in [6.45, 7) is 3.03. The van der Waals surface area contributed by atoms with Crippen molar-refractivity contribution in [2.24, 2.45) is 0 Å². The molecule has 0 spiro atoms. The van der Waals surface area contributed by atoms with Gasteiger partial charge in [0, 0.05) is 11.9 Å². The van der Waals surface area contributed by atoms with E-state index in [1.54, 1.807) is 23.1 Å². The third-order valence-electron chi connectivity index (χ3n) is 3.30. The first-order chi connectivity index (χ1) is 9.11. The third-order valence-corrected chi connectivity index (χ3v) is 4.02. The number of morpholine rings is 1. The lowest BCUT2D eigenvalue weighted by atomic mass is 10.1. The van der Waals surface area contributed by atoms with Gasteiger partial charge in [0.05, 0.1) is 25.2 Å². The maximum absolute atomic E-state index is 13.6. The lowest BCUT2D eigenvalue weighted by molar-refractivity contribution is -0.142. The van der Waals surface area contributed by atoms with Crippen LogP contribution in [0.4, 0.5) is 4.39 Å². The molecule has 1 aliphatic rings. The first-order valence-electron chi connectivity index (χ1n) is 6.32. The zero-order valence-electron chi connectivity index (χ0n) is 10.8. The Bertz CT molecular complexity index is 455. The zero-order chi connectivity index (χ0) is 13.8. The van der Waals surface area contributed by atoms with Gasteiger partial charge in [-0.05, 0) is 18.6 Å². The first-order valence-corrected chi connectivity index (χ1v) is 7.44. The van der Waals surface area contributed by atoms with E-state index in [1.165, 1.54) is 6.07 Å². The van der Waals surface area contributed by atoms with E-state index in [0.29, 0.717) is 24.0 Å². The molecule has 2 rings (SSSR count). The van der Waals surface area contributed by atoms with Crippen LogP contribution in [0.15, 0.2) is 24.3 Å². The van der Waals surface area contributed by atoms with E-state index in [9.17, 15) is 9.18 Å². The molecule has 0 aliphatic carbocycles. The number of halogens is 2. The summed E-state index contributed by atoms with van der Waals surface area (Å²) in [5.74, 6) is -0.374. The van der Waals surface area contributed by atoms with Gasteiger partial charge in [0.15, 0.2) is 0 Å². The van der Waals surface area contributed by atoms with Crippen LogP contribution < -0.4 is 0 Å². The van der Waals surface area contributed by atoms with Gasteiger partial charge in [-0.1, -0.05) is 34.1 Å². The Morgan fingerprint density at radius 3 is 2.95 bits per heavy atom. The minimum absolute atomic E-state index is 0.0146. The Morgan fingerprint density at radius 2 is 2.26 bits per heavy atom. The van der Waals surface area contributed by atoms with Gasteiger partial charge in [0.25, 0.3) is 0 Å². The van der Waals surface area contributed by atoms with Gasteiger partial charge in [-0.3, -0.25) is 4.79 Å². The smallest absolute Gasteiger partial charge is 0.227 e. The fraction of sp³-hybridized carbons (Fsp3) is 0.500. The maximum Gasteiger partial charge on any atom is 0.227 e. The van der Waals surface area contributed by atoms with Crippen molar-refractivity contribution >= 4 is 21.8 Å². The van der Waals surface area contributed by atoms with E-state index in [1.807, 2.05) is 6.92 Å². The average molecular weight is 330 g/mol. The van der Waals surface area contributed by atoms with Crippen molar-refractivity contribution in [2.75, 3.05) is 18.5 Å². The fourth-order valence-electron chi connectivity index (χ4n) is 2.16. The molecule has 104 valence electrons. The molecule has 19 heavy (non-hydrogen) atoms. The molecule has 2 unspecified atom stereocenters.